The van der Waals surface area contributed by atoms with Crippen LogP contribution in [0.5, 0.6) is 0 Å². The van der Waals surface area contributed by atoms with Crippen molar-refractivity contribution in [2.75, 3.05) is 13.7 Å². The van der Waals surface area contributed by atoms with E-state index in [0.717, 1.165) is 6.07 Å². The van der Waals surface area contributed by atoms with E-state index in [9.17, 15) is 18.0 Å². The molecule has 1 aromatic rings. The molecule has 0 atom stereocenters. The van der Waals surface area contributed by atoms with E-state index in [1.807, 2.05) is 0 Å². The molecule has 0 aliphatic rings. The van der Waals surface area contributed by atoms with Gasteiger partial charge in [0.05, 0.1) is 10.6 Å². The Morgan fingerprint density at radius 2 is 1.95 bits per heavy atom. The van der Waals surface area contributed by atoms with Crippen molar-refractivity contribution in [1.29, 1.82) is 0 Å². The van der Waals surface area contributed by atoms with Crippen LogP contribution in [0.3, 0.4) is 0 Å². The fourth-order valence-corrected chi connectivity index (χ4v) is 2.77. The normalized spacial score (nSPS) is 11.3. The molecule has 0 aliphatic carbocycles. The first-order valence-corrected chi connectivity index (χ1v) is 8.23. The summed E-state index contributed by atoms with van der Waals surface area (Å²) in [5.74, 6) is -1.26. The number of carbonyl (C=O) groups is 2. The van der Waals surface area contributed by atoms with Gasteiger partial charge >= 0.3 is 5.97 Å². The molecule has 0 aliphatic heterocycles. The van der Waals surface area contributed by atoms with E-state index in [-0.39, 0.29) is 21.5 Å². The van der Waals surface area contributed by atoms with Gasteiger partial charge in [-0.1, -0.05) is 11.6 Å². The SMILES string of the molecule is CNS(=O)(=O)c1cc(C(=O)OCC(=O)NC(C)C)ccc1Cl. The highest BCUT2D eigenvalue weighted by atomic mass is 35.5. The van der Waals surface area contributed by atoms with Crippen LogP contribution in [0.4, 0.5) is 0 Å². The minimum atomic E-state index is -3.80. The average molecular weight is 349 g/mol. The summed E-state index contributed by atoms with van der Waals surface area (Å²) in [6.07, 6.45) is 0. The Balaban J connectivity index is 2.88. The Morgan fingerprint density at radius 1 is 1.32 bits per heavy atom. The Kier molecular flexibility index (Phi) is 6.34. The zero-order chi connectivity index (χ0) is 16.9. The lowest BCUT2D eigenvalue weighted by Crippen LogP contribution is -2.34. The van der Waals surface area contributed by atoms with E-state index in [1.54, 1.807) is 13.8 Å². The highest BCUT2D eigenvalue weighted by Crippen LogP contribution is 2.22. The molecular formula is C13H17ClN2O5S. The van der Waals surface area contributed by atoms with Gasteiger partial charge in [-0.3, -0.25) is 4.79 Å². The van der Waals surface area contributed by atoms with E-state index < -0.39 is 28.5 Å². The van der Waals surface area contributed by atoms with Crippen molar-refractivity contribution in [2.24, 2.45) is 0 Å². The van der Waals surface area contributed by atoms with Crippen LogP contribution in [0.25, 0.3) is 0 Å². The summed E-state index contributed by atoms with van der Waals surface area (Å²) in [5, 5.41) is 2.54. The lowest BCUT2D eigenvalue weighted by atomic mass is 10.2. The number of rotatable bonds is 6. The number of ether oxygens (including phenoxy) is 1. The number of sulfonamides is 1. The maximum Gasteiger partial charge on any atom is 0.338 e. The Morgan fingerprint density at radius 3 is 2.50 bits per heavy atom. The van der Waals surface area contributed by atoms with Gasteiger partial charge in [-0.05, 0) is 39.1 Å². The second kappa shape index (κ2) is 7.57. The molecule has 7 nitrogen and oxygen atoms in total. The molecule has 0 bridgehead atoms. The Hall–Kier alpha value is -1.64. The van der Waals surface area contributed by atoms with Crippen molar-refractivity contribution in [2.45, 2.75) is 24.8 Å². The molecule has 22 heavy (non-hydrogen) atoms. The standard InChI is InChI=1S/C13H17ClN2O5S/c1-8(2)16-12(17)7-21-13(18)9-4-5-10(14)11(6-9)22(19,20)15-3/h4-6,8,15H,7H2,1-3H3,(H,16,17). The fourth-order valence-electron chi connectivity index (χ4n) is 1.52. The molecule has 0 aromatic heterocycles. The number of carbonyl (C=O) groups excluding carboxylic acids is 2. The van der Waals surface area contributed by atoms with Gasteiger partial charge in [0, 0.05) is 6.04 Å². The van der Waals surface area contributed by atoms with Crippen LogP contribution in [0.15, 0.2) is 23.1 Å². The molecule has 1 rings (SSSR count). The third kappa shape index (κ3) is 4.97. The summed E-state index contributed by atoms with van der Waals surface area (Å²) < 4.78 is 30.5. The molecule has 0 saturated carbocycles. The lowest BCUT2D eigenvalue weighted by molar-refractivity contribution is -0.124. The Labute approximate surface area is 134 Å². The van der Waals surface area contributed by atoms with Gasteiger partial charge in [0.2, 0.25) is 10.0 Å². The van der Waals surface area contributed by atoms with Crippen LogP contribution in [-0.4, -0.2) is 40.0 Å². The summed E-state index contributed by atoms with van der Waals surface area (Å²) in [7, 11) is -2.57. The molecule has 9 heteroatoms. The zero-order valence-corrected chi connectivity index (χ0v) is 13.9. The highest BCUT2D eigenvalue weighted by molar-refractivity contribution is 7.89. The van der Waals surface area contributed by atoms with Crippen molar-refractivity contribution in [3.05, 3.63) is 28.8 Å². The van der Waals surface area contributed by atoms with Crippen molar-refractivity contribution < 1.29 is 22.7 Å². The second-order valence-corrected chi connectivity index (χ2v) is 6.91. The van der Waals surface area contributed by atoms with Crippen LogP contribution < -0.4 is 10.0 Å². The van der Waals surface area contributed by atoms with Crippen molar-refractivity contribution in [3.63, 3.8) is 0 Å². The van der Waals surface area contributed by atoms with Gasteiger partial charge < -0.3 is 10.1 Å². The van der Waals surface area contributed by atoms with Gasteiger partial charge in [-0.25, -0.2) is 17.9 Å². The minimum absolute atomic E-state index is 0.0180. The molecule has 2 N–H and O–H groups in total. The summed E-state index contributed by atoms with van der Waals surface area (Å²) in [6.45, 7) is 3.09. The number of hydrogen-bond donors (Lipinski definition) is 2. The summed E-state index contributed by atoms with van der Waals surface area (Å²) in [4.78, 5) is 23.0. The molecule has 0 spiro atoms. The van der Waals surface area contributed by atoms with E-state index in [0.29, 0.717) is 0 Å². The lowest BCUT2D eigenvalue weighted by Gasteiger charge is -2.10. The van der Waals surface area contributed by atoms with Crippen LogP contribution in [0, 0.1) is 0 Å². The molecule has 0 saturated heterocycles. The van der Waals surface area contributed by atoms with E-state index in [4.69, 9.17) is 16.3 Å². The quantitative estimate of drug-likeness (QED) is 0.745. The van der Waals surface area contributed by atoms with Crippen LogP contribution in [0.1, 0.15) is 24.2 Å². The van der Waals surface area contributed by atoms with Crippen molar-refractivity contribution in [1.82, 2.24) is 10.0 Å². The van der Waals surface area contributed by atoms with E-state index in [1.165, 1.54) is 19.2 Å². The van der Waals surface area contributed by atoms with Crippen molar-refractivity contribution >= 4 is 33.5 Å². The maximum absolute atomic E-state index is 11.9. The number of amides is 1. The first-order valence-electron chi connectivity index (χ1n) is 6.37. The third-order valence-corrected chi connectivity index (χ3v) is 4.41. The van der Waals surface area contributed by atoms with E-state index in [2.05, 4.69) is 10.0 Å². The molecule has 1 aromatic carbocycles. The smallest absolute Gasteiger partial charge is 0.338 e. The minimum Gasteiger partial charge on any atom is -0.452 e. The van der Waals surface area contributed by atoms with Gasteiger partial charge in [0.15, 0.2) is 6.61 Å². The van der Waals surface area contributed by atoms with Gasteiger partial charge in [0.1, 0.15) is 4.90 Å². The number of halogens is 1. The second-order valence-electron chi connectivity index (χ2n) is 4.65. The monoisotopic (exact) mass is 348 g/mol. The zero-order valence-electron chi connectivity index (χ0n) is 12.3. The van der Waals surface area contributed by atoms with Crippen molar-refractivity contribution in [3.8, 4) is 0 Å². The molecule has 0 unspecified atom stereocenters. The maximum atomic E-state index is 11.9. The molecule has 122 valence electrons. The van der Waals surface area contributed by atoms with Crippen LogP contribution in [0.2, 0.25) is 5.02 Å². The summed E-state index contributed by atoms with van der Waals surface area (Å²) in [6, 6.07) is 3.61. The number of hydrogen-bond acceptors (Lipinski definition) is 5. The highest BCUT2D eigenvalue weighted by Gasteiger charge is 2.19. The van der Waals surface area contributed by atoms with Gasteiger partial charge in [-0.15, -0.1) is 0 Å². The Bertz CT molecular complexity index is 673. The molecule has 0 heterocycles. The summed E-state index contributed by atoms with van der Waals surface area (Å²) >= 11 is 5.81. The molecular weight excluding hydrogens is 332 g/mol. The number of nitrogens with one attached hydrogen (secondary N) is 2. The summed E-state index contributed by atoms with van der Waals surface area (Å²) in [5.41, 5.74) is -0.0180. The predicted octanol–water partition coefficient (Wildman–Crippen LogP) is 0.930. The number of benzene rings is 1. The van der Waals surface area contributed by atoms with Crippen LogP contribution in [-0.2, 0) is 19.6 Å². The molecule has 0 fully saturated rings. The number of esters is 1. The topological polar surface area (TPSA) is 102 Å². The first-order chi connectivity index (χ1) is 10.2. The molecule has 1 amide bonds. The van der Waals surface area contributed by atoms with E-state index >= 15 is 0 Å². The largest absolute Gasteiger partial charge is 0.452 e. The fraction of sp³-hybridized carbons (Fsp3) is 0.385. The predicted molar refractivity (Wildman–Crippen MR) is 81.3 cm³/mol. The van der Waals surface area contributed by atoms with Gasteiger partial charge in [-0.2, -0.15) is 0 Å². The first kappa shape index (κ1) is 18.4. The van der Waals surface area contributed by atoms with Gasteiger partial charge in [0.25, 0.3) is 5.91 Å². The average Bonchev–Trinajstić information content (AvgIpc) is 2.44. The third-order valence-electron chi connectivity index (χ3n) is 2.51. The van der Waals surface area contributed by atoms with Crippen LogP contribution >= 0.6 is 11.6 Å². The molecule has 0 radical (unpaired) electrons.